The molecule has 0 saturated heterocycles. The van der Waals surface area contributed by atoms with Crippen LogP contribution in [0.1, 0.15) is 11.1 Å². The largest absolute Gasteiger partial charge is 0.335 e. The molecule has 0 aliphatic carbocycles. The van der Waals surface area contributed by atoms with E-state index in [2.05, 4.69) is 31.4 Å². The van der Waals surface area contributed by atoms with E-state index in [1.807, 2.05) is 56.3 Å². The zero-order valence-corrected chi connectivity index (χ0v) is 16.8. The Bertz CT molecular complexity index is 942. The number of aromatic nitrogens is 3. The number of nitrogens with zero attached hydrogens (tertiary/aromatic N) is 3. The van der Waals surface area contributed by atoms with Gasteiger partial charge in [0.2, 0.25) is 11.1 Å². The summed E-state index contributed by atoms with van der Waals surface area (Å²) in [5, 5.41) is 11.6. The van der Waals surface area contributed by atoms with E-state index < -0.39 is 0 Å². The molecule has 26 heavy (non-hydrogen) atoms. The molecule has 0 fully saturated rings. The third-order valence-corrected chi connectivity index (χ3v) is 5.49. The monoisotopic (exact) mass is 431 g/mol. The highest BCUT2D eigenvalue weighted by atomic mass is 79.9. The van der Waals surface area contributed by atoms with Gasteiger partial charge in [0, 0.05) is 10.0 Å². The molecule has 8 heteroatoms. The van der Waals surface area contributed by atoms with Crippen LogP contribution in [0.2, 0.25) is 0 Å². The fourth-order valence-electron chi connectivity index (χ4n) is 2.35. The summed E-state index contributed by atoms with van der Waals surface area (Å²) in [6.45, 7) is 4.04. The van der Waals surface area contributed by atoms with Crippen LogP contribution in [-0.4, -0.2) is 26.5 Å². The Morgan fingerprint density at radius 3 is 2.62 bits per heavy atom. The van der Waals surface area contributed by atoms with Gasteiger partial charge < -0.3 is 11.2 Å². The number of rotatable bonds is 5. The molecule has 134 valence electrons. The SMILES string of the molecule is Cc1cc(Br)c(NC(=O)CSc2nnc(-c3ccccc3)n2N)cc1C. The second-order valence-corrected chi connectivity index (χ2v) is 7.59. The summed E-state index contributed by atoms with van der Waals surface area (Å²) in [6.07, 6.45) is 0. The molecule has 2 aromatic carbocycles. The standard InChI is InChI=1S/C18H18BrN5OS/c1-11-8-14(19)15(9-12(11)2)21-16(25)10-26-18-23-22-17(24(18)20)13-6-4-3-5-7-13/h3-9H,10,20H2,1-2H3,(H,21,25). The Morgan fingerprint density at radius 1 is 1.19 bits per heavy atom. The van der Waals surface area contributed by atoms with Gasteiger partial charge in [-0.1, -0.05) is 42.1 Å². The first-order valence-corrected chi connectivity index (χ1v) is 9.69. The molecule has 0 atom stereocenters. The van der Waals surface area contributed by atoms with Crippen LogP contribution in [0.15, 0.2) is 52.1 Å². The van der Waals surface area contributed by atoms with Crippen molar-refractivity contribution in [3.63, 3.8) is 0 Å². The van der Waals surface area contributed by atoms with E-state index in [0.717, 1.165) is 26.9 Å². The number of amides is 1. The van der Waals surface area contributed by atoms with Gasteiger partial charge in [-0.15, -0.1) is 10.2 Å². The summed E-state index contributed by atoms with van der Waals surface area (Å²) in [5.41, 5.74) is 3.90. The molecule has 0 spiro atoms. The number of nitrogen functional groups attached to an aromatic ring is 1. The molecule has 3 N–H and O–H groups in total. The van der Waals surface area contributed by atoms with Gasteiger partial charge in [0.15, 0.2) is 5.82 Å². The van der Waals surface area contributed by atoms with Crippen LogP contribution in [0.25, 0.3) is 11.4 Å². The average Bonchev–Trinajstić information content (AvgIpc) is 2.99. The molecule has 0 saturated carbocycles. The van der Waals surface area contributed by atoms with Crippen molar-refractivity contribution < 1.29 is 4.79 Å². The highest BCUT2D eigenvalue weighted by Gasteiger charge is 2.14. The Morgan fingerprint density at radius 2 is 1.88 bits per heavy atom. The Hall–Kier alpha value is -2.32. The Balaban J connectivity index is 1.66. The maximum Gasteiger partial charge on any atom is 0.234 e. The first-order chi connectivity index (χ1) is 12.5. The number of thioether (sulfide) groups is 1. The molecule has 0 radical (unpaired) electrons. The molecular weight excluding hydrogens is 414 g/mol. The number of aryl methyl sites for hydroxylation is 2. The topological polar surface area (TPSA) is 85.8 Å². The van der Waals surface area contributed by atoms with E-state index in [0.29, 0.717) is 11.0 Å². The molecule has 6 nitrogen and oxygen atoms in total. The quantitative estimate of drug-likeness (QED) is 0.474. The predicted octanol–water partition coefficient (Wildman–Crippen LogP) is 3.77. The number of anilines is 1. The lowest BCUT2D eigenvalue weighted by Gasteiger charge is -2.10. The molecular formula is C18H18BrN5OS. The lowest BCUT2D eigenvalue weighted by atomic mass is 10.1. The zero-order valence-electron chi connectivity index (χ0n) is 14.4. The summed E-state index contributed by atoms with van der Waals surface area (Å²) in [7, 11) is 0. The second-order valence-electron chi connectivity index (χ2n) is 5.80. The van der Waals surface area contributed by atoms with Crippen LogP contribution in [-0.2, 0) is 4.79 Å². The van der Waals surface area contributed by atoms with Crippen molar-refractivity contribution in [2.45, 2.75) is 19.0 Å². The number of nitrogens with two attached hydrogens (primary N) is 1. The van der Waals surface area contributed by atoms with Gasteiger partial charge in [0.25, 0.3) is 0 Å². The number of nitrogens with one attached hydrogen (secondary N) is 1. The summed E-state index contributed by atoms with van der Waals surface area (Å²) in [5.74, 6) is 6.68. The van der Waals surface area contributed by atoms with Crippen LogP contribution in [0, 0.1) is 13.8 Å². The maximum absolute atomic E-state index is 12.3. The highest BCUT2D eigenvalue weighted by molar-refractivity contribution is 9.10. The summed E-state index contributed by atoms with van der Waals surface area (Å²) < 4.78 is 2.26. The van der Waals surface area contributed by atoms with Crippen molar-refractivity contribution in [2.24, 2.45) is 0 Å². The third kappa shape index (κ3) is 4.08. The Kier molecular flexibility index (Phi) is 5.63. The number of carbonyl (C=O) groups excluding carboxylic acids is 1. The smallest absolute Gasteiger partial charge is 0.234 e. The lowest BCUT2D eigenvalue weighted by Crippen LogP contribution is -2.16. The number of benzene rings is 2. The zero-order chi connectivity index (χ0) is 18.7. The van der Waals surface area contributed by atoms with Gasteiger partial charge >= 0.3 is 0 Å². The van der Waals surface area contributed by atoms with Crippen molar-refractivity contribution in [1.82, 2.24) is 14.9 Å². The first kappa shape index (κ1) is 18.5. The van der Waals surface area contributed by atoms with Gasteiger partial charge in [-0.2, -0.15) is 0 Å². The van der Waals surface area contributed by atoms with Crippen molar-refractivity contribution in [3.05, 3.63) is 58.1 Å². The molecule has 3 rings (SSSR count). The number of carbonyl (C=O) groups is 1. The first-order valence-electron chi connectivity index (χ1n) is 7.91. The van der Waals surface area contributed by atoms with Crippen LogP contribution in [0.4, 0.5) is 5.69 Å². The highest BCUT2D eigenvalue weighted by Crippen LogP contribution is 2.27. The van der Waals surface area contributed by atoms with Crippen LogP contribution in [0.5, 0.6) is 0 Å². The van der Waals surface area contributed by atoms with Crippen molar-refractivity contribution in [3.8, 4) is 11.4 Å². The van der Waals surface area contributed by atoms with Crippen LogP contribution in [0.3, 0.4) is 0 Å². The molecule has 0 unspecified atom stereocenters. The van der Waals surface area contributed by atoms with E-state index in [1.165, 1.54) is 16.4 Å². The van der Waals surface area contributed by atoms with E-state index in [4.69, 9.17) is 5.84 Å². The molecule has 1 heterocycles. The normalized spacial score (nSPS) is 10.7. The van der Waals surface area contributed by atoms with E-state index in [1.54, 1.807) is 0 Å². The minimum absolute atomic E-state index is 0.136. The van der Waals surface area contributed by atoms with E-state index >= 15 is 0 Å². The maximum atomic E-state index is 12.3. The van der Waals surface area contributed by atoms with Crippen molar-refractivity contribution in [2.75, 3.05) is 16.9 Å². The van der Waals surface area contributed by atoms with Crippen LogP contribution < -0.4 is 11.2 Å². The summed E-state index contributed by atoms with van der Waals surface area (Å²) >= 11 is 4.72. The summed E-state index contributed by atoms with van der Waals surface area (Å²) in [6, 6.07) is 13.5. The second kappa shape index (κ2) is 7.92. The van der Waals surface area contributed by atoms with Gasteiger partial charge in [-0.25, -0.2) is 4.68 Å². The molecule has 3 aromatic rings. The van der Waals surface area contributed by atoms with Gasteiger partial charge in [-0.05, 0) is 53.0 Å². The van der Waals surface area contributed by atoms with Crippen LogP contribution >= 0.6 is 27.7 Å². The lowest BCUT2D eigenvalue weighted by molar-refractivity contribution is -0.113. The Labute approximate surface area is 164 Å². The van der Waals surface area contributed by atoms with Gasteiger partial charge in [0.05, 0.1) is 11.4 Å². The molecule has 0 bridgehead atoms. The van der Waals surface area contributed by atoms with Crippen molar-refractivity contribution >= 4 is 39.3 Å². The van der Waals surface area contributed by atoms with Gasteiger partial charge in [-0.3, -0.25) is 4.79 Å². The molecule has 0 aliphatic heterocycles. The molecule has 0 aliphatic rings. The molecule has 1 amide bonds. The number of hydrogen-bond donors (Lipinski definition) is 2. The van der Waals surface area contributed by atoms with E-state index in [-0.39, 0.29) is 11.7 Å². The minimum atomic E-state index is -0.136. The summed E-state index contributed by atoms with van der Waals surface area (Å²) in [4.78, 5) is 12.3. The third-order valence-electron chi connectivity index (χ3n) is 3.89. The molecule has 1 aromatic heterocycles. The fourth-order valence-corrected chi connectivity index (χ4v) is 3.57. The predicted molar refractivity (Wildman–Crippen MR) is 109 cm³/mol. The fraction of sp³-hybridized carbons (Fsp3) is 0.167. The average molecular weight is 432 g/mol. The van der Waals surface area contributed by atoms with Gasteiger partial charge in [0.1, 0.15) is 0 Å². The number of halogens is 1. The minimum Gasteiger partial charge on any atom is -0.335 e. The number of hydrogen-bond acceptors (Lipinski definition) is 5. The van der Waals surface area contributed by atoms with Crippen molar-refractivity contribution in [1.29, 1.82) is 0 Å². The van der Waals surface area contributed by atoms with E-state index in [9.17, 15) is 4.79 Å².